The van der Waals surface area contributed by atoms with Crippen LogP contribution in [0.15, 0.2) is 12.1 Å². The van der Waals surface area contributed by atoms with Crippen LogP contribution < -0.4 is 10.1 Å². The van der Waals surface area contributed by atoms with Crippen molar-refractivity contribution in [2.24, 2.45) is 0 Å². The third-order valence-electron chi connectivity index (χ3n) is 2.52. The van der Waals surface area contributed by atoms with Crippen molar-refractivity contribution in [3.05, 3.63) is 29.3 Å². The van der Waals surface area contributed by atoms with Crippen LogP contribution in [0.25, 0.3) is 0 Å². The molecule has 0 heterocycles. The van der Waals surface area contributed by atoms with Gasteiger partial charge in [0.1, 0.15) is 0 Å². The second-order valence-corrected chi connectivity index (χ2v) is 4.07. The van der Waals surface area contributed by atoms with E-state index in [0.717, 1.165) is 6.54 Å². The Hall–Kier alpha value is -1.20. The molecule has 108 valence electrons. The molecule has 1 aromatic carbocycles. The Morgan fingerprint density at radius 1 is 1.11 bits per heavy atom. The molecule has 1 aromatic rings. The Morgan fingerprint density at radius 3 is 2.37 bits per heavy atom. The molecule has 0 spiro atoms. The molecule has 0 saturated heterocycles. The van der Waals surface area contributed by atoms with Crippen LogP contribution in [0.4, 0.5) is 8.78 Å². The highest BCUT2D eigenvalue weighted by molar-refractivity contribution is 5.31. The summed E-state index contributed by atoms with van der Waals surface area (Å²) >= 11 is 0. The first-order valence-corrected chi connectivity index (χ1v) is 6.58. The number of nitrogens with one attached hydrogen (secondary N) is 1. The monoisotopic (exact) mass is 273 g/mol. The van der Waals surface area contributed by atoms with Gasteiger partial charge in [0.25, 0.3) is 0 Å². The molecule has 0 radical (unpaired) electrons. The molecule has 0 amide bonds. The van der Waals surface area contributed by atoms with E-state index in [1.165, 1.54) is 12.1 Å². The van der Waals surface area contributed by atoms with Gasteiger partial charge >= 0.3 is 0 Å². The maximum absolute atomic E-state index is 13.7. The first-order chi connectivity index (χ1) is 9.19. The molecule has 0 bridgehead atoms. The Kier molecular flexibility index (Phi) is 7.36. The predicted molar refractivity (Wildman–Crippen MR) is 70.3 cm³/mol. The number of hydrogen-bond donors (Lipinski definition) is 1. The number of benzene rings is 1. The number of ether oxygens (including phenoxy) is 2. The molecule has 0 unspecified atom stereocenters. The molecule has 1 rings (SSSR count). The summed E-state index contributed by atoms with van der Waals surface area (Å²) in [6.45, 7) is 6.40. The van der Waals surface area contributed by atoms with Gasteiger partial charge in [-0.3, -0.25) is 0 Å². The average molecular weight is 273 g/mol. The summed E-state index contributed by atoms with van der Waals surface area (Å²) in [6, 6.07) is 2.59. The van der Waals surface area contributed by atoms with E-state index in [4.69, 9.17) is 9.47 Å². The fourth-order valence-corrected chi connectivity index (χ4v) is 1.60. The molecule has 5 heteroatoms. The van der Waals surface area contributed by atoms with Crippen LogP contribution in [-0.2, 0) is 11.3 Å². The second-order valence-electron chi connectivity index (χ2n) is 4.07. The lowest BCUT2D eigenvalue weighted by Gasteiger charge is -2.10. The van der Waals surface area contributed by atoms with Crippen LogP contribution in [0.2, 0.25) is 0 Å². The molecule has 3 nitrogen and oxygen atoms in total. The van der Waals surface area contributed by atoms with Crippen molar-refractivity contribution < 1.29 is 18.3 Å². The van der Waals surface area contributed by atoms with Crippen LogP contribution in [0, 0.1) is 11.6 Å². The molecule has 0 aliphatic carbocycles. The van der Waals surface area contributed by atoms with Gasteiger partial charge in [0.05, 0.1) is 6.61 Å². The molecular formula is C14H21F2NO2. The van der Waals surface area contributed by atoms with Gasteiger partial charge in [-0.05, 0) is 31.2 Å². The lowest BCUT2D eigenvalue weighted by molar-refractivity contribution is 0.129. The minimum atomic E-state index is -0.663. The highest BCUT2D eigenvalue weighted by atomic mass is 19.1. The van der Waals surface area contributed by atoms with E-state index < -0.39 is 11.6 Å². The molecule has 0 aliphatic rings. The zero-order valence-electron chi connectivity index (χ0n) is 11.5. The molecule has 0 atom stereocenters. The van der Waals surface area contributed by atoms with E-state index >= 15 is 0 Å². The summed E-state index contributed by atoms with van der Waals surface area (Å²) in [7, 11) is 0. The third kappa shape index (κ3) is 5.53. The van der Waals surface area contributed by atoms with Gasteiger partial charge in [-0.2, -0.15) is 0 Å². The summed E-state index contributed by atoms with van der Waals surface area (Å²) in [5.74, 6) is -1.63. The van der Waals surface area contributed by atoms with Gasteiger partial charge < -0.3 is 14.8 Å². The average Bonchev–Trinajstić information content (AvgIpc) is 2.38. The van der Waals surface area contributed by atoms with Crippen molar-refractivity contribution in [1.82, 2.24) is 5.32 Å². The maximum atomic E-state index is 13.7. The van der Waals surface area contributed by atoms with Gasteiger partial charge in [0.2, 0.25) is 0 Å². The largest absolute Gasteiger partial charge is 0.488 e. The van der Waals surface area contributed by atoms with Crippen LogP contribution in [0.5, 0.6) is 5.75 Å². The smallest absolute Gasteiger partial charge is 0.190 e. The Balaban J connectivity index is 2.53. The molecule has 19 heavy (non-hydrogen) atoms. The Labute approximate surface area is 112 Å². The number of halogens is 2. The summed E-state index contributed by atoms with van der Waals surface area (Å²) in [5, 5.41) is 3.01. The highest BCUT2D eigenvalue weighted by Crippen LogP contribution is 2.23. The molecule has 0 aromatic heterocycles. The van der Waals surface area contributed by atoms with E-state index in [0.29, 0.717) is 31.7 Å². The fraction of sp³-hybridized carbons (Fsp3) is 0.571. The van der Waals surface area contributed by atoms with Crippen LogP contribution in [0.3, 0.4) is 0 Å². The van der Waals surface area contributed by atoms with E-state index in [2.05, 4.69) is 5.32 Å². The molecule has 0 saturated carbocycles. The van der Waals surface area contributed by atoms with Crippen LogP contribution in [0.1, 0.15) is 25.8 Å². The summed E-state index contributed by atoms with van der Waals surface area (Å²) in [4.78, 5) is 0. The first kappa shape index (κ1) is 15.9. The second kappa shape index (κ2) is 8.82. The highest BCUT2D eigenvalue weighted by Gasteiger charge is 2.12. The van der Waals surface area contributed by atoms with Crippen molar-refractivity contribution in [3.63, 3.8) is 0 Å². The summed E-state index contributed by atoms with van der Waals surface area (Å²) in [5.41, 5.74) is 0.568. The van der Waals surface area contributed by atoms with Gasteiger partial charge in [0.15, 0.2) is 17.4 Å². The molecule has 1 N–H and O–H groups in total. The standard InChI is InChI=1S/C14H21F2NO2/c1-3-17-10-11-8-12(15)14(13(16)9-11)19-7-5-6-18-4-2/h8-9,17H,3-7,10H2,1-2H3. The zero-order chi connectivity index (χ0) is 14.1. The Morgan fingerprint density at radius 2 is 1.79 bits per heavy atom. The topological polar surface area (TPSA) is 30.5 Å². The van der Waals surface area contributed by atoms with Crippen molar-refractivity contribution in [1.29, 1.82) is 0 Å². The predicted octanol–water partition coefficient (Wildman–Crippen LogP) is 2.88. The van der Waals surface area contributed by atoms with E-state index in [-0.39, 0.29) is 12.4 Å². The summed E-state index contributed by atoms with van der Waals surface area (Å²) in [6.07, 6.45) is 0.603. The lowest BCUT2D eigenvalue weighted by Crippen LogP contribution is -2.12. The van der Waals surface area contributed by atoms with Crippen molar-refractivity contribution in [2.75, 3.05) is 26.4 Å². The normalized spacial score (nSPS) is 10.7. The zero-order valence-corrected chi connectivity index (χ0v) is 11.5. The fourth-order valence-electron chi connectivity index (χ4n) is 1.60. The molecule has 0 aliphatic heterocycles. The van der Waals surface area contributed by atoms with Crippen molar-refractivity contribution >= 4 is 0 Å². The van der Waals surface area contributed by atoms with Gasteiger partial charge in [-0.15, -0.1) is 0 Å². The van der Waals surface area contributed by atoms with Gasteiger partial charge in [0, 0.05) is 26.2 Å². The Bertz CT molecular complexity index is 363. The van der Waals surface area contributed by atoms with Crippen LogP contribution >= 0.6 is 0 Å². The van der Waals surface area contributed by atoms with E-state index in [9.17, 15) is 8.78 Å². The quantitative estimate of drug-likeness (QED) is 0.702. The SMILES string of the molecule is CCNCc1cc(F)c(OCCCOCC)c(F)c1. The minimum absolute atomic E-state index is 0.237. The first-order valence-electron chi connectivity index (χ1n) is 6.58. The minimum Gasteiger partial charge on any atom is -0.488 e. The van der Waals surface area contributed by atoms with Crippen molar-refractivity contribution in [2.45, 2.75) is 26.8 Å². The van der Waals surface area contributed by atoms with Crippen LogP contribution in [-0.4, -0.2) is 26.4 Å². The third-order valence-corrected chi connectivity index (χ3v) is 2.52. The van der Waals surface area contributed by atoms with Gasteiger partial charge in [-0.1, -0.05) is 6.92 Å². The summed E-state index contributed by atoms with van der Waals surface area (Å²) < 4.78 is 37.6. The van der Waals surface area contributed by atoms with Crippen molar-refractivity contribution in [3.8, 4) is 5.75 Å². The van der Waals surface area contributed by atoms with E-state index in [1.807, 2.05) is 13.8 Å². The molecule has 0 fully saturated rings. The maximum Gasteiger partial charge on any atom is 0.190 e. The molecular weight excluding hydrogens is 252 g/mol. The lowest BCUT2D eigenvalue weighted by atomic mass is 10.2. The van der Waals surface area contributed by atoms with Gasteiger partial charge in [-0.25, -0.2) is 8.78 Å². The number of hydrogen-bond acceptors (Lipinski definition) is 3. The number of rotatable bonds is 9. The van der Waals surface area contributed by atoms with E-state index in [1.54, 1.807) is 0 Å².